The number of aromatic nitrogens is 4. The van der Waals surface area contributed by atoms with Crippen LogP contribution in [0.15, 0.2) is 97.2 Å². The van der Waals surface area contributed by atoms with Gasteiger partial charge >= 0.3 is 0 Å². The lowest BCUT2D eigenvalue weighted by Crippen LogP contribution is -2.13. The van der Waals surface area contributed by atoms with E-state index in [2.05, 4.69) is 169 Å². The van der Waals surface area contributed by atoms with Gasteiger partial charge in [-0.25, -0.2) is 9.67 Å². The molecule has 7 aromatic rings. The molecule has 50 heavy (non-hydrogen) atoms. The van der Waals surface area contributed by atoms with Crippen molar-refractivity contribution in [2.45, 2.75) is 86.5 Å². The van der Waals surface area contributed by atoms with Gasteiger partial charge in [0, 0.05) is 34.7 Å². The molecular formula is C45H48N4O. The molecule has 0 unspecified atom stereocenters. The highest BCUT2D eigenvalue weighted by molar-refractivity contribution is 6.09. The molecule has 254 valence electrons. The molecule has 0 spiro atoms. The molecule has 0 aliphatic heterocycles. The van der Waals surface area contributed by atoms with E-state index in [-0.39, 0.29) is 11.3 Å². The monoisotopic (exact) mass is 660 g/mol. The number of rotatable bonds is 7. The maximum atomic E-state index is 6.82. The van der Waals surface area contributed by atoms with Crippen molar-refractivity contribution in [3.8, 4) is 34.1 Å². The van der Waals surface area contributed by atoms with E-state index >= 15 is 0 Å². The molecule has 0 N–H and O–H groups in total. The number of nitrogens with zero attached hydrogens (tertiary/aromatic N) is 4. The number of ether oxygens (including phenoxy) is 1. The second kappa shape index (κ2) is 12.6. The zero-order valence-corrected chi connectivity index (χ0v) is 31.1. The molecule has 0 bridgehead atoms. The lowest BCUT2D eigenvalue weighted by Gasteiger charge is -2.22. The number of fused-ring (bicyclic) bond motifs is 3. The van der Waals surface area contributed by atoms with Gasteiger partial charge in [-0.1, -0.05) is 84.9 Å². The summed E-state index contributed by atoms with van der Waals surface area (Å²) in [5.41, 5.74) is 12.8. The Balaban J connectivity index is 1.38. The molecular weight excluding hydrogens is 613 g/mol. The van der Waals surface area contributed by atoms with Crippen molar-refractivity contribution < 1.29 is 4.74 Å². The van der Waals surface area contributed by atoms with Crippen molar-refractivity contribution in [2.75, 3.05) is 0 Å². The fraction of sp³-hybridized carbons (Fsp3) is 0.289. The zero-order valence-electron chi connectivity index (χ0n) is 31.1. The van der Waals surface area contributed by atoms with Crippen molar-refractivity contribution in [1.82, 2.24) is 19.3 Å². The van der Waals surface area contributed by atoms with E-state index in [9.17, 15) is 0 Å². The highest BCUT2D eigenvalue weighted by Gasteiger charge is 2.25. The van der Waals surface area contributed by atoms with Gasteiger partial charge in [-0.3, -0.25) is 4.57 Å². The van der Waals surface area contributed by atoms with E-state index < -0.39 is 0 Å². The minimum absolute atomic E-state index is 0.104. The summed E-state index contributed by atoms with van der Waals surface area (Å²) in [7, 11) is 0. The summed E-state index contributed by atoms with van der Waals surface area (Å²) in [6, 6.07) is 32.4. The van der Waals surface area contributed by atoms with Crippen molar-refractivity contribution in [3.05, 3.63) is 131 Å². The molecule has 0 radical (unpaired) electrons. The molecule has 0 fully saturated rings. The SMILES string of the molecule is Cc1cccc(C)c1-c1c(C)nn(-c2cc(Oc3ccc4c5ccccc5n(-c5cc(C(C)C)ccn5)c4c3)cc(C(C)(C)C)c2)c1C(C)C. The first-order chi connectivity index (χ1) is 23.8. The topological polar surface area (TPSA) is 44.9 Å². The van der Waals surface area contributed by atoms with E-state index in [1.54, 1.807) is 0 Å². The summed E-state index contributed by atoms with van der Waals surface area (Å²) in [5.74, 6) is 3.12. The fourth-order valence-corrected chi connectivity index (χ4v) is 7.30. The molecule has 0 saturated heterocycles. The van der Waals surface area contributed by atoms with Crippen molar-refractivity contribution in [1.29, 1.82) is 0 Å². The molecule has 0 aliphatic carbocycles. The highest BCUT2D eigenvalue weighted by atomic mass is 16.5. The van der Waals surface area contributed by atoms with Crippen LogP contribution in [0, 0.1) is 20.8 Å². The Bertz CT molecular complexity index is 2360. The largest absolute Gasteiger partial charge is 0.457 e. The third-order valence-corrected chi connectivity index (χ3v) is 9.92. The average molecular weight is 661 g/mol. The first-order valence-corrected chi connectivity index (χ1v) is 17.8. The van der Waals surface area contributed by atoms with Gasteiger partial charge in [0.05, 0.1) is 28.1 Å². The normalized spacial score (nSPS) is 12.2. The van der Waals surface area contributed by atoms with Gasteiger partial charge in [0.2, 0.25) is 0 Å². The molecule has 3 heterocycles. The smallest absolute Gasteiger partial charge is 0.137 e. The summed E-state index contributed by atoms with van der Waals surface area (Å²) in [5, 5.41) is 7.57. The van der Waals surface area contributed by atoms with Gasteiger partial charge in [0.25, 0.3) is 0 Å². The van der Waals surface area contributed by atoms with Gasteiger partial charge in [-0.05, 0) is 108 Å². The molecule has 0 aliphatic rings. The Morgan fingerprint density at radius 2 is 1.38 bits per heavy atom. The van der Waals surface area contributed by atoms with Gasteiger partial charge in [-0.2, -0.15) is 5.10 Å². The van der Waals surface area contributed by atoms with Crippen LogP contribution >= 0.6 is 0 Å². The summed E-state index contributed by atoms with van der Waals surface area (Å²) in [6.45, 7) is 22.2. The highest BCUT2D eigenvalue weighted by Crippen LogP contribution is 2.40. The maximum Gasteiger partial charge on any atom is 0.137 e. The van der Waals surface area contributed by atoms with E-state index in [0.29, 0.717) is 5.92 Å². The maximum absolute atomic E-state index is 6.82. The lowest BCUT2D eigenvalue weighted by molar-refractivity contribution is 0.478. The third-order valence-electron chi connectivity index (χ3n) is 9.92. The predicted octanol–water partition coefficient (Wildman–Crippen LogP) is 12.3. The molecule has 0 atom stereocenters. The van der Waals surface area contributed by atoms with E-state index in [0.717, 1.165) is 39.7 Å². The second-order valence-electron chi connectivity index (χ2n) is 15.4. The molecule has 4 aromatic carbocycles. The zero-order chi connectivity index (χ0) is 35.5. The number of para-hydroxylation sites is 1. The van der Waals surface area contributed by atoms with Gasteiger partial charge in [-0.15, -0.1) is 0 Å². The van der Waals surface area contributed by atoms with Crippen LogP contribution in [0.3, 0.4) is 0 Å². The van der Waals surface area contributed by atoms with E-state index in [1.165, 1.54) is 49.8 Å². The van der Waals surface area contributed by atoms with Crippen molar-refractivity contribution in [2.24, 2.45) is 0 Å². The summed E-state index contributed by atoms with van der Waals surface area (Å²) in [4.78, 5) is 4.84. The molecule has 3 aromatic heterocycles. The number of benzene rings is 4. The lowest BCUT2D eigenvalue weighted by atomic mass is 9.86. The molecule has 0 amide bonds. The van der Waals surface area contributed by atoms with Crippen LogP contribution in [0.25, 0.3) is 44.4 Å². The van der Waals surface area contributed by atoms with Crippen LogP contribution in [-0.4, -0.2) is 19.3 Å². The standard InChI is InChI=1S/C45H48N4O/c1-27(2)32-20-21-46-41(22-32)48-39-17-12-11-16-37(39)38-19-18-35(26-40(38)48)50-36-24-33(45(8,9)10)23-34(25-36)49-44(28(3)4)43(31(7)47-49)42-29(5)14-13-15-30(42)6/h11-28H,1-10H3. The summed E-state index contributed by atoms with van der Waals surface area (Å²) < 4.78 is 11.2. The Morgan fingerprint density at radius 3 is 2.08 bits per heavy atom. The van der Waals surface area contributed by atoms with Crippen LogP contribution < -0.4 is 4.74 Å². The van der Waals surface area contributed by atoms with Crippen LogP contribution in [0.5, 0.6) is 11.5 Å². The molecule has 7 rings (SSSR count). The molecule has 0 saturated carbocycles. The first kappa shape index (κ1) is 33.3. The third kappa shape index (κ3) is 5.89. The number of aryl methyl sites for hydroxylation is 3. The quantitative estimate of drug-likeness (QED) is 0.171. The number of hydrogen-bond donors (Lipinski definition) is 0. The van der Waals surface area contributed by atoms with Crippen molar-refractivity contribution >= 4 is 21.8 Å². The molecule has 5 nitrogen and oxygen atoms in total. The fourth-order valence-electron chi connectivity index (χ4n) is 7.30. The van der Waals surface area contributed by atoms with Gasteiger partial charge in [0.1, 0.15) is 17.3 Å². The number of hydrogen-bond acceptors (Lipinski definition) is 3. The Labute approximate surface area is 296 Å². The summed E-state index contributed by atoms with van der Waals surface area (Å²) in [6.07, 6.45) is 1.92. The first-order valence-electron chi connectivity index (χ1n) is 17.8. The predicted molar refractivity (Wildman–Crippen MR) is 209 cm³/mol. The van der Waals surface area contributed by atoms with Gasteiger partial charge in [0.15, 0.2) is 0 Å². The minimum Gasteiger partial charge on any atom is -0.457 e. The summed E-state index contributed by atoms with van der Waals surface area (Å²) >= 11 is 0. The van der Waals surface area contributed by atoms with Crippen molar-refractivity contribution in [3.63, 3.8) is 0 Å². The van der Waals surface area contributed by atoms with Crippen LogP contribution in [0.4, 0.5) is 0 Å². The van der Waals surface area contributed by atoms with Crippen LogP contribution in [-0.2, 0) is 5.41 Å². The Kier molecular flexibility index (Phi) is 8.42. The Morgan fingerprint density at radius 1 is 0.660 bits per heavy atom. The molecule has 5 heteroatoms. The Hall–Kier alpha value is -5.16. The van der Waals surface area contributed by atoms with E-state index in [1.807, 2.05) is 6.20 Å². The second-order valence-corrected chi connectivity index (χ2v) is 15.4. The number of pyridine rings is 1. The average Bonchev–Trinajstić information content (AvgIpc) is 3.59. The van der Waals surface area contributed by atoms with Gasteiger partial charge < -0.3 is 4.74 Å². The van der Waals surface area contributed by atoms with Crippen LogP contribution in [0.2, 0.25) is 0 Å². The minimum atomic E-state index is -0.104. The van der Waals surface area contributed by atoms with Crippen LogP contribution in [0.1, 0.15) is 93.9 Å². The van der Waals surface area contributed by atoms with E-state index in [4.69, 9.17) is 14.8 Å².